The molecular formula is C81H148N2O21. The first kappa shape index (κ1) is 95.2. The SMILES string of the molecule is CCCCCCCCCCCCC/C=C/C(O)C(COC1OC(CO)C(OC2OC(CO)C(O)C(OC3(C(=O)O)CC(O)C(NC(C)=O)C(C(O)C(O)CO)O3)C2O)C(O)C1O)NC(=O)CCCCCCCCCCCCCCCCCCC/C=C\C/C=C\CCCCCCCCCCCCCCC. The first-order valence-corrected chi connectivity index (χ1v) is 41.4. The molecule has 0 bridgehead atoms. The fourth-order valence-corrected chi connectivity index (χ4v) is 14.3. The summed E-state index contributed by atoms with van der Waals surface area (Å²) in [6.45, 7) is 2.15. The van der Waals surface area contributed by atoms with E-state index in [9.17, 15) is 75.7 Å². The number of carbonyl (C=O) groups excluding carboxylic acids is 2. The van der Waals surface area contributed by atoms with Crippen molar-refractivity contribution >= 4 is 17.8 Å². The topological polar surface area (TPSA) is 373 Å². The van der Waals surface area contributed by atoms with Crippen LogP contribution < -0.4 is 10.6 Å². The number of unbranched alkanes of at least 4 members (excludes halogenated alkanes) is 41. The molecule has 0 saturated carbocycles. The highest BCUT2D eigenvalue weighted by Gasteiger charge is 2.60. The largest absolute Gasteiger partial charge is 0.477 e. The van der Waals surface area contributed by atoms with E-state index in [-0.39, 0.29) is 12.3 Å². The lowest BCUT2D eigenvalue weighted by atomic mass is 9.88. The zero-order chi connectivity index (χ0) is 76.0. The van der Waals surface area contributed by atoms with Crippen molar-refractivity contribution in [3.8, 4) is 0 Å². The minimum absolute atomic E-state index is 0.201. The Kier molecular flexibility index (Phi) is 54.7. The average molecular weight is 1490 g/mol. The number of ether oxygens (including phenoxy) is 6. The second-order valence-electron chi connectivity index (χ2n) is 30.0. The van der Waals surface area contributed by atoms with E-state index in [0.29, 0.717) is 12.8 Å². The van der Waals surface area contributed by atoms with E-state index in [4.69, 9.17) is 28.4 Å². The number of carbonyl (C=O) groups is 3. The third-order valence-electron chi connectivity index (χ3n) is 20.8. The Bertz CT molecular complexity index is 2210. The number of hydrogen-bond acceptors (Lipinski definition) is 20. The number of rotatable bonds is 65. The molecular weight excluding hydrogens is 1340 g/mol. The highest BCUT2D eigenvalue weighted by Crippen LogP contribution is 2.39. The number of carboxylic acid groups (broad SMARTS) is 1. The quantitative estimate of drug-likeness (QED) is 0.0199. The highest BCUT2D eigenvalue weighted by atomic mass is 16.8. The van der Waals surface area contributed by atoms with Crippen molar-refractivity contribution in [2.75, 3.05) is 26.4 Å². The summed E-state index contributed by atoms with van der Waals surface area (Å²) in [6, 6.07) is -2.62. The lowest BCUT2D eigenvalue weighted by Gasteiger charge is -2.50. The van der Waals surface area contributed by atoms with Gasteiger partial charge in [-0.2, -0.15) is 0 Å². The number of hydrogen-bond donors (Lipinski definition) is 14. The maximum Gasteiger partial charge on any atom is 0.364 e. The molecule has 3 fully saturated rings. The molecule has 3 heterocycles. The molecule has 18 atom stereocenters. The lowest BCUT2D eigenvalue weighted by Crippen LogP contribution is -2.70. The normalized spacial score (nSPS) is 26.5. The van der Waals surface area contributed by atoms with Crippen molar-refractivity contribution in [2.45, 2.75) is 432 Å². The summed E-state index contributed by atoms with van der Waals surface area (Å²) in [7, 11) is 0. The van der Waals surface area contributed by atoms with E-state index in [1.54, 1.807) is 6.08 Å². The van der Waals surface area contributed by atoms with E-state index in [1.807, 2.05) is 6.08 Å². The summed E-state index contributed by atoms with van der Waals surface area (Å²) >= 11 is 0. The minimum atomic E-state index is -3.08. The monoisotopic (exact) mass is 1490 g/mol. The van der Waals surface area contributed by atoms with Gasteiger partial charge in [0.25, 0.3) is 5.79 Å². The molecule has 0 aliphatic carbocycles. The fourth-order valence-electron chi connectivity index (χ4n) is 14.3. The summed E-state index contributed by atoms with van der Waals surface area (Å²) in [5, 5.41) is 136. The van der Waals surface area contributed by atoms with Crippen LogP contribution in [-0.2, 0) is 42.8 Å². The number of aliphatic hydroxyl groups excluding tert-OH is 11. The molecule has 0 spiro atoms. The maximum absolute atomic E-state index is 13.5. The van der Waals surface area contributed by atoms with Crippen LogP contribution in [0.15, 0.2) is 36.5 Å². The molecule has 18 unspecified atom stereocenters. The zero-order valence-electron chi connectivity index (χ0n) is 64.4. The molecule has 3 aliphatic heterocycles. The second-order valence-corrected chi connectivity index (χ2v) is 30.0. The molecule has 14 N–H and O–H groups in total. The van der Waals surface area contributed by atoms with Gasteiger partial charge in [-0.15, -0.1) is 0 Å². The van der Waals surface area contributed by atoms with Crippen molar-refractivity contribution in [2.24, 2.45) is 0 Å². The number of aliphatic carboxylic acids is 1. The Morgan fingerprint density at radius 1 is 0.510 bits per heavy atom. The van der Waals surface area contributed by atoms with Gasteiger partial charge in [-0.3, -0.25) is 9.59 Å². The van der Waals surface area contributed by atoms with E-state index < -0.39 is 155 Å². The van der Waals surface area contributed by atoms with Crippen LogP contribution in [0.3, 0.4) is 0 Å². The molecule has 3 aliphatic rings. The smallest absolute Gasteiger partial charge is 0.364 e. The van der Waals surface area contributed by atoms with Crippen LogP contribution in [-0.4, -0.2) is 215 Å². The van der Waals surface area contributed by atoms with Gasteiger partial charge in [-0.1, -0.05) is 288 Å². The number of allylic oxidation sites excluding steroid dienone is 5. The third-order valence-corrected chi connectivity index (χ3v) is 20.8. The van der Waals surface area contributed by atoms with Crippen LogP contribution in [0.1, 0.15) is 323 Å². The Balaban J connectivity index is 1.41. The van der Waals surface area contributed by atoms with Gasteiger partial charge in [-0.25, -0.2) is 4.79 Å². The van der Waals surface area contributed by atoms with Gasteiger partial charge in [-0.05, 0) is 51.4 Å². The predicted molar refractivity (Wildman–Crippen MR) is 403 cm³/mol. The van der Waals surface area contributed by atoms with Crippen LogP contribution in [0.5, 0.6) is 0 Å². The molecule has 608 valence electrons. The number of amides is 2. The van der Waals surface area contributed by atoms with Crippen LogP contribution in [0, 0.1) is 0 Å². The Hall–Kier alpha value is -3.05. The fraction of sp³-hybridized carbons (Fsp3) is 0.889. The van der Waals surface area contributed by atoms with E-state index in [2.05, 4.69) is 48.8 Å². The van der Waals surface area contributed by atoms with Crippen LogP contribution in [0.25, 0.3) is 0 Å². The molecule has 3 saturated heterocycles. The molecule has 0 aromatic carbocycles. The first-order chi connectivity index (χ1) is 50.4. The van der Waals surface area contributed by atoms with Crippen LogP contribution in [0.4, 0.5) is 0 Å². The molecule has 0 radical (unpaired) electrons. The third kappa shape index (κ3) is 39.5. The summed E-state index contributed by atoms with van der Waals surface area (Å²) in [4.78, 5) is 38.6. The van der Waals surface area contributed by atoms with Crippen molar-refractivity contribution in [1.82, 2.24) is 10.6 Å². The summed E-state index contributed by atoms with van der Waals surface area (Å²) in [5.74, 6) is -6.14. The summed E-state index contributed by atoms with van der Waals surface area (Å²) in [6.07, 6.45) is 39.4. The van der Waals surface area contributed by atoms with Crippen molar-refractivity contribution in [3.63, 3.8) is 0 Å². The molecule has 3 rings (SSSR count). The lowest BCUT2D eigenvalue weighted by molar-refractivity contribution is -0.386. The number of nitrogens with one attached hydrogen (secondary N) is 2. The molecule has 104 heavy (non-hydrogen) atoms. The van der Waals surface area contributed by atoms with E-state index in [0.717, 1.165) is 58.3 Å². The summed E-state index contributed by atoms with van der Waals surface area (Å²) in [5.41, 5.74) is 0. The van der Waals surface area contributed by atoms with Gasteiger partial charge in [0, 0.05) is 19.8 Å². The van der Waals surface area contributed by atoms with Crippen molar-refractivity contribution < 1.29 is 104 Å². The van der Waals surface area contributed by atoms with Gasteiger partial charge in [0.15, 0.2) is 12.6 Å². The molecule has 0 aromatic heterocycles. The predicted octanol–water partition coefficient (Wildman–Crippen LogP) is 11.3. The Morgan fingerprint density at radius 3 is 1.36 bits per heavy atom. The van der Waals surface area contributed by atoms with Gasteiger partial charge in [0.1, 0.15) is 67.1 Å². The van der Waals surface area contributed by atoms with E-state index >= 15 is 0 Å². The first-order valence-electron chi connectivity index (χ1n) is 41.4. The van der Waals surface area contributed by atoms with Crippen LogP contribution >= 0.6 is 0 Å². The minimum Gasteiger partial charge on any atom is -0.477 e. The Morgan fingerprint density at radius 2 is 0.933 bits per heavy atom. The van der Waals surface area contributed by atoms with Crippen molar-refractivity contribution in [1.29, 1.82) is 0 Å². The molecule has 23 heteroatoms. The highest BCUT2D eigenvalue weighted by molar-refractivity contribution is 5.77. The van der Waals surface area contributed by atoms with E-state index in [1.165, 1.54) is 225 Å². The maximum atomic E-state index is 13.5. The van der Waals surface area contributed by atoms with Gasteiger partial charge >= 0.3 is 5.97 Å². The Labute approximate surface area is 625 Å². The molecule has 23 nitrogen and oxygen atoms in total. The average Bonchev–Trinajstić information content (AvgIpc) is 0.756. The summed E-state index contributed by atoms with van der Waals surface area (Å²) < 4.78 is 34.9. The van der Waals surface area contributed by atoms with Crippen molar-refractivity contribution in [3.05, 3.63) is 36.5 Å². The van der Waals surface area contributed by atoms with Gasteiger partial charge < -0.3 is 100 Å². The standard InChI is InChI=1S/C81H148N2O21/c1-4-6-8-10-12-14-16-18-19-20-21-22-23-24-25-26-27-28-29-30-31-32-33-34-35-36-37-38-39-40-41-43-45-47-49-51-53-55-68(91)83-62(63(88)54-52-50-48-46-44-42-17-15-13-11-9-7-5-2)60-99-78-73(95)72(94)75(67(59-86)101-78)102-79-74(96)77(71(93)66(58-85)100-79)104-81(80(97)98)56-64(89)69(82-61(3)87)76(103-81)70(92)65(90)57-84/h25-26,28-29,52,54,62-67,69-79,84-86,88-90,92-96H,4-24,27,30-51,53,55-60H2,1-3H3,(H,82,87)(H,83,91)(H,97,98)/b26-25-,29-28-,54-52+. The van der Waals surface area contributed by atoms with Gasteiger partial charge in [0.2, 0.25) is 11.8 Å². The zero-order valence-corrected chi connectivity index (χ0v) is 64.4. The van der Waals surface area contributed by atoms with Gasteiger partial charge in [0.05, 0.1) is 50.7 Å². The second kappa shape index (κ2) is 59.8. The van der Waals surface area contributed by atoms with Crippen LogP contribution in [0.2, 0.25) is 0 Å². The number of carboxylic acids is 1. The molecule has 2 amide bonds. The number of aliphatic hydroxyl groups is 11. The molecule has 0 aromatic rings.